The zero-order valence-electron chi connectivity index (χ0n) is 15.6. The van der Waals surface area contributed by atoms with Crippen molar-refractivity contribution < 1.29 is 4.74 Å². The van der Waals surface area contributed by atoms with Crippen molar-refractivity contribution in [3.05, 3.63) is 22.4 Å². The Bertz CT molecular complexity index is 889. The van der Waals surface area contributed by atoms with Crippen LogP contribution in [-0.2, 0) is 11.3 Å². The first-order valence-electron chi connectivity index (χ1n) is 9.87. The highest BCUT2D eigenvalue weighted by Gasteiger charge is 2.48. The molecule has 1 saturated carbocycles. The van der Waals surface area contributed by atoms with Crippen LogP contribution >= 0.6 is 0 Å². The average Bonchev–Trinajstić information content (AvgIpc) is 3.22. The first-order chi connectivity index (χ1) is 12.6. The van der Waals surface area contributed by atoms with E-state index in [1.165, 1.54) is 12.8 Å². The molecule has 2 fully saturated rings. The van der Waals surface area contributed by atoms with Crippen LogP contribution in [0.2, 0.25) is 0 Å². The molecule has 3 aliphatic rings. The van der Waals surface area contributed by atoms with Crippen LogP contribution in [0.1, 0.15) is 51.3 Å². The molecule has 7 heteroatoms. The Morgan fingerprint density at radius 2 is 2.04 bits per heavy atom. The lowest BCUT2D eigenvalue weighted by molar-refractivity contribution is 0.0674. The standard InChI is InChI=1S/C19H27N5O2/c1-13(2)16-20-9-15-17(25)23-12-19(5-6-19)11-22(18(23)21-24(15)16)10-14-3-7-26-8-4-14/h9,13-14H,3-8,10-12H2,1-2H3. The average molecular weight is 357 g/mol. The normalized spacial score (nSPS) is 22.3. The minimum Gasteiger partial charge on any atom is -0.381 e. The first-order valence-corrected chi connectivity index (χ1v) is 9.87. The highest BCUT2D eigenvalue weighted by molar-refractivity contribution is 5.47. The van der Waals surface area contributed by atoms with Crippen molar-refractivity contribution in [1.29, 1.82) is 0 Å². The van der Waals surface area contributed by atoms with Crippen LogP contribution in [0.15, 0.2) is 11.0 Å². The molecule has 0 aromatic carbocycles. The number of aromatic nitrogens is 4. The molecule has 1 aliphatic carbocycles. The van der Waals surface area contributed by atoms with Gasteiger partial charge >= 0.3 is 0 Å². The minimum absolute atomic E-state index is 0.0531. The molecular formula is C19H27N5O2. The van der Waals surface area contributed by atoms with Gasteiger partial charge in [-0.2, -0.15) is 0 Å². The van der Waals surface area contributed by atoms with E-state index in [2.05, 4.69) is 23.7 Å². The van der Waals surface area contributed by atoms with Crippen molar-refractivity contribution in [3.63, 3.8) is 0 Å². The topological polar surface area (TPSA) is 64.7 Å². The van der Waals surface area contributed by atoms with Gasteiger partial charge in [-0.1, -0.05) is 13.8 Å². The fraction of sp³-hybridized carbons (Fsp3) is 0.737. The summed E-state index contributed by atoms with van der Waals surface area (Å²) in [5, 5.41) is 4.91. The predicted octanol–water partition coefficient (Wildman–Crippen LogP) is 2.04. The largest absolute Gasteiger partial charge is 0.381 e. The highest BCUT2D eigenvalue weighted by atomic mass is 16.5. The third-order valence-corrected chi connectivity index (χ3v) is 6.26. The van der Waals surface area contributed by atoms with Gasteiger partial charge in [0.25, 0.3) is 5.56 Å². The third-order valence-electron chi connectivity index (χ3n) is 6.26. The van der Waals surface area contributed by atoms with Gasteiger partial charge in [0.1, 0.15) is 5.82 Å². The van der Waals surface area contributed by atoms with Gasteiger partial charge in [-0.25, -0.2) is 9.50 Å². The molecule has 1 saturated heterocycles. The Kier molecular flexibility index (Phi) is 3.64. The van der Waals surface area contributed by atoms with Gasteiger partial charge in [0.2, 0.25) is 5.95 Å². The Hall–Kier alpha value is -1.89. The molecule has 2 aromatic heterocycles. The molecule has 0 atom stereocenters. The van der Waals surface area contributed by atoms with Gasteiger partial charge in [0.15, 0.2) is 5.52 Å². The van der Waals surface area contributed by atoms with E-state index in [0.29, 0.717) is 11.4 Å². The maximum absolute atomic E-state index is 13.2. The van der Waals surface area contributed by atoms with Gasteiger partial charge in [-0.15, -0.1) is 5.10 Å². The SMILES string of the molecule is CC(C)c1ncc2c(=O)n3c(nn12)N(CC1CCOCC1)CC1(CC1)C3. The lowest BCUT2D eigenvalue weighted by Gasteiger charge is -2.38. The van der Waals surface area contributed by atoms with Gasteiger partial charge < -0.3 is 9.64 Å². The summed E-state index contributed by atoms with van der Waals surface area (Å²) >= 11 is 0. The second-order valence-corrected chi connectivity index (χ2v) is 8.70. The molecule has 4 heterocycles. The van der Waals surface area contributed by atoms with Crippen LogP contribution in [0.3, 0.4) is 0 Å². The molecule has 26 heavy (non-hydrogen) atoms. The van der Waals surface area contributed by atoms with Crippen molar-refractivity contribution in [2.45, 2.75) is 52.0 Å². The minimum atomic E-state index is 0.0531. The van der Waals surface area contributed by atoms with Crippen molar-refractivity contribution in [2.75, 3.05) is 31.2 Å². The van der Waals surface area contributed by atoms with Gasteiger partial charge in [0, 0.05) is 44.2 Å². The van der Waals surface area contributed by atoms with Crippen LogP contribution in [-0.4, -0.2) is 45.5 Å². The quantitative estimate of drug-likeness (QED) is 0.841. The lowest BCUT2D eigenvalue weighted by atomic mass is 9.97. The van der Waals surface area contributed by atoms with E-state index in [9.17, 15) is 4.79 Å². The maximum Gasteiger partial charge on any atom is 0.280 e. The van der Waals surface area contributed by atoms with E-state index in [4.69, 9.17) is 9.84 Å². The van der Waals surface area contributed by atoms with Crippen molar-refractivity contribution in [2.24, 2.45) is 11.3 Å². The summed E-state index contributed by atoms with van der Waals surface area (Å²) in [6.45, 7) is 8.67. The zero-order chi connectivity index (χ0) is 17.9. The van der Waals surface area contributed by atoms with E-state index in [1.54, 1.807) is 10.7 Å². The Morgan fingerprint density at radius 1 is 1.27 bits per heavy atom. The maximum atomic E-state index is 13.2. The van der Waals surface area contributed by atoms with Crippen molar-refractivity contribution in [3.8, 4) is 0 Å². The van der Waals surface area contributed by atoms with Crippen LogP contribution in [0.25, 0.3) is 5.52 Å². The fourth-order valence-corrected chi connectivity index (χ4v) is 4.49. The molecular weight excluding hydrogens is 330 g/mol. The third kappa shape index (κ3) is 2.55. The molecule has 1 spiro atoms. The number of nitrogens with zero attached hydrogens (tertiary/aromatic N) is 5. The number of hydrogen-bond acceptors (Lipinski definition) is 5. The summed E-state index contributed by atoms with van der Waals surface area (Å²) in [5.41, 5.74) is 0.932. The van der Waals surface area contributed by atoms with Crippen LogP contribution in [0.4, 0.5) is 5.95 Å². The monoisotopic (exact) mass is 357 g/mol. The number of anilines is 1. The van der Waals surface area contributed by atoms with Crippen LogP contribution in [0.5, 0.6) is 0 Å². The summed E-state index contributed by atoms with van der Waals surface area (Å²) in [5.74, 6) is 2.53. The molecule has 0 unspecified atom stereocenters. The molecule has 0 radical (unpaired) electrons. The molecule has 0 amide bonds. The summed E-state index contributed by atoms with van der Waals surface area (Å²) in [6.07, 6.45) is 6.31. The summed E-state index contributed by atoms with van der Waals surface area (Å²) in [6, 6.07) is 0. The van der Waals surface area contributed by atoms with E-state index >= 15 is 0 Å². The predicted molar refractivity (Wildman–Crippen MR) is 98.8 cm³/mol. The number of rotatable bonds is 3. The van der Waals surface area contributed by atoms with Crippen LogP contribution < -0.4 is 10.5 Å². The van der Waals surface area contributed by atoms with E-state index < -0.39 is 0 Å². The molecule has 140 valence electrons. The van der Waals surface area contributed by atoms with Crippen LogP contribution in [0, 0.1) is 11.3 Å². The number of imidazole rings is 1. The molecule has 5 rings (SSSR count). The van der Waals surface area contributed by atoms with Gasteiger partial charge in [-0.05, 0) is 31.6 Å². The molecule has 2 aromatic rings. The number of hydrogen-bond donors (Lipinski definition) is 0. The van der Waals surface area contributed by atoms with E-state index in [-0.39, 0.29) is 16.9 Å². The smallest absolute Gasteiger partial charge is 0.280 e. The molecule has 7 nitrogen and oxygen atoms in total. The Balaban J connectivity index is 1.60. The van der Waals surface area contributed by atoms with E-state index in [0.717, 1.165) is 57.5 Å². The lowest BCUT2D eigenvalue weighted by Crippen LogP contribution is -2.47. The fourth-order valence-electron chi connectivity index (χ4n) is 4.49. The first kappa shape index (κ1) is 16.3. The Morgan fingerprint density at radius 3 is 2.73 bits per heavy atom. The number of ether oxygens (including phenoxy) is 1. The molecule has 0 N–H and O–H groups in total. The van der Waals surface area contributed by atoms with Gasteiger partial charge in [-0.3, -0.25) is 9.36 Å². The number of fused-ring (bicyclic) bond motifs is 2. The summed E-state index contributed by atoms with van der Waals surface area (Å²) in [4.78, 5) is 20.0. The summed E-state index contributed by atoms with van der Waals surface area (Å²) in [7, 11) is 0. The summed E-state index contributed by atoms with van der Waals surface area (Å²) < 4.78 is 9.21. The molecule has 2 aliphatic heterocycles. The van der Waals surface area contributed by atoms with Crippen molar-refractivity contribution >= 4 is 11.5 Å². The Labute approximate surface area is 153 Å². The molecule has 0 bridgehead atoms. The van der Waals surface area contributed by atoms with E-state index in [1.807, 2.05) is 4.57 Å². The zero-order valence-corrected chi connectivity index (χ0v) is 15.6. The highest BCUT2D eigenvalue weighted by Crippen LogP contribution is 2.50. The van der Waals surface area contributed by atoms with Gasteiger partial charge in [0.05, 0.1) is 6.20 Å². The second kappa shape index (κ2) is 5.81. The second-order valence-electron chi connectivity index (χ2n) is 8.70. The van der Waals surface area contributed by atoms with Crippen molar-refractivity contribution in [1.82, 2.24) is 19.2 Å².